The molecule has 0 fully saturated rings. The van der Waals surface area contributed by atoms with Crippen LogP contribution in [0.1, 0.15) is 6.92 Å². The third-order valence-corrected chi connectivity index (χ3v) is 1.08. The van der Waals surface area contributed by atoms with Gasteiger partial charge in [0.25, 0.3) is 0 Å². The second kappa shape index (κ2) is 4.32. The Hall–Kier alpha value is -1.59. The summed E-state index contributed by atoms with van der Waals surface area (Å²) < 4.78 is 0. The molecule has 0 aliphatic carbocycles. The van der Waals surface area contributed by atoms with Gasteiger partial charge in [-0.1, -0.05) is 0 Å². The molecule has 0 atom stereocenters. The van der Waals surface area contributed by atoms with E-state index >= 15 is 0 Å². The Balaban J connectivity index is 4.14. The third-order valence-electron chi connectivity index (χ3n) is 1.08. The Kier molecular flexibility index (Phi) is 3.75. The maximum Gasteiger partial charge on any atom is 0.323 e. The van der Waals surface area contributed by atoms with Crippen LogP contribution in [0.2, 0.25) is 0 Å². The van der Waals surface area contributed by atoms with Gasteiger partial charge in [0.2, 0.25) is 0 Å². The first-order valence-corrected chi connectivity index (χ1v) is 3.23. The molecule has 0 rings (SSSR count). The molecule has 0 amide bonds. The molecule has 0 aromatic heterocycles. The standard InChI is InChI=1S/C6H11N3O3/c1-4(10)2-9(6(7)8)3-5(11)12/h2-3H2,1H3,(H3,7,8)(H,11,12). The minimum atomic E-state index is -1.12. The average molecular weight is 173 g/mol. The fraction of sp³-hybridized carbons (Fsp3) is 0.500. The van der Waals surface area contributed by atoms with Crippen molar-refractivity contribution >= 4 is 17.7 Å². The van der Waals surface area contributed by atoms with Gasteiger partial charge in [-0.3, -0.25) is 15.0 Å². The van der Waals surface area contributed by atoms with Gasteiger partial charge in [-0.05, 0) is 6.92 Å². The molecule has 0 radical (unpaired) electrons. The molecule has 6 heteroatoms. The van der Waals surface area contributed by atoms with Crippen LogP contribution in [-0.2, 0) is 9.59 Å². The molecular formula is C6H11N3O3. The molecule has 0 saturated carbocycles. The highest BCUT2D eigenvalue weighted by Gasteiger charge is 2.12. The van der Waals surface area contributed by atoms with Crippen molar-refractivity contribution in [1.29, 1.82) is 5.41 Å². The summed E-state index contributed by atoms with van der Waals surface area (Å²) in [6, 6.07) is 0. The molecule has 68 valence electrons. The minimum Gasteiger partial charge on any atom is -0.480 e. The normalized spacial score (nSPS) is 9.08. The molecule has 0 aromatic rings. The number of carboxylic acid groups (broad SMARTS) is 1. The van der Waals surface area contributed by atoms with E-state index in [-0.39, 0.29) is 12.3 Å². The first-order chi connectivity index (χ1) is 5.43. The number of hydrogen-bond acceptors (Lipinski definition) is 3. The summed E-state index contributed by atoms with van der Waals surface area (Å²) in [5, 5.41) is 15.3. The number of nitrogens with zero attached hydrogens (tertiary/aromatic N) is 1. The van der Waals surface area contributed by atoms with E-state index in [1.165, 1.54) is 6.92 Å². The lowest BCUT2D eigenvalue weighted by molar-refractivity contribution is -0.137. The van der Waals surface area contributed by atoms with E-state index in [0.717, 1.165) is 4.90 Å². The minimum absolute atomic E-state index is 0.137. The van der Waals surface area contributed by atoms with E-state index in [0.29, 0.717) is 0 Å². The van der Waals surface area contributed by atoms with Crippen LogP contribution in [0.3, 0.4) is 0 Å². The second-order valence-electron chi connectivity index (χ2n) is 2.34. The molecule has 0 heterocycles. The lowest BCUT2D eigenvalue weighted by Gasteiger charge is -2.17. The molecule has 0 bridgehead atoms. The molecule has 6 nitrogen and oxygen atoms in total. The summed E-state index contributed by atoms with van der Waals surface area (Å²) in [7, 11) is 0. The highest BCUT2D eigenvalue weighted by molar-refractivity contribution is 5.86. The molecule has 0 aliphatic heterocycles. The maximum absolute atomic E-state index is 10.6. The van der Waals surface area contributed by atoms with Crippen molar-refractivity contribution in [3.8, 4) is 0 Å². The lowest BCUT2D eigenvalue weighted by Crippen LogP contribution is -2.42. The third kappa shape index (κ3) is 4.26. The average Bonchev–Trinajstić information content (AvgIpc) is 1.83. The van der Waals surface area contributed by atoms with Crippen LogP contribution >= 0.6 is 0 Å². The molecule has 0 unspecified atom stereocenters. The summed E-state index contributed by atoms with van der Waals surface area (Å²) in [5.41, 5.74) is 5.03. The summed E-state index contributed by atoms with van der Waals surface area (Å²) in [6.07, 6.45) is 0. The van der Waals surface area contributed by atoms with Gasteiger partial charge in [0.15, 0.2) is 5.96 Å². The molecule has 0 saturated heterocycles. The van der Waals surface area contributed by atoms with Crippen LogP contribution in [0, 0.1) is 5.41 Å². The second-order valence-corrected chi connectivity index (χ2v) is 2.34. The maximum atomic E-state index is 10.6. The number of aliphatic carboxylic acids is 1. The van der Waals surface area contributed by atoms with E-state index in [9.17, 15) is 9.59 Å². The number of carbonyl (C=O) groups excluding carboxylic acids is 1. The van der Waals surface area contributed by atoms with Gasteiger partial charge in [-0.25, -0.2) is 0 Å². The van der Waals surface area contributed by atoms with Crippen LogP contribution in [0.25, 0.3) is 0 Å². The first kappa shape index (κ1) is 10.4. The molecule has 12 heavy (non-hydrogen) atoms. The summed E-state index contributed by atoms with van der Waals surface area (Å²) in [5.74, 6) is -1.76. The van der Waals surface area contributed by atoms with E-state index in [1.807, 2.05) is 0 Å². The summed E-state index contributed by atoms with van der Waals surface area (Å²) in [6.45, 7) is 0.744. The molecule has 4 N–H and O–H groups in total. The van der Waals surface area contributed by atoms with Gasteiger partial charge in [0, 0.05) is 0 Å². The largest absolute Gasteiger partial charge is 0.480 e. The van der Waals surface area contributed by atoms with Gasteiger partial charge < -0.3 is 15.7 Å². The fourth-order valence-electron chi connectivity index (χ4n) is 0.658. The topological polar surface area (TPSA) is 107 Å². The van der Waals surface area contributed by atoms with Crippen LogP contribution in [0.4, 0.5) is 0 Å². The van der Waals surface area contributed by atoms with Gasteiger partial charge in [-0.15, -0.1) is 0 Å². The molecule has 0 aromatic carbocycles. The molecular weight excluding hydrogens is 162 g/mol. The van der Waals surface area contributed by atoms with Crippen LogP contribution in [0.5, 0.6) is 0 Å². The van der Waals surface area contributed by atoms with Gasteiger partial charge >= 0.3 is 5.97 Å². The SMILES string of the molecule is CC(=O)CN(CC(=O)O)C(=N)N. The highest BCUT2D eigenvalue weighted by Crippen LogP contribution is 1.86. The van der Waals surface area contributed by atoms with E-state index in [4.69, 9.17) is 16.2 Å². The Bertz CT molecular complexity index is 198. The van der Waals surface area contributed by atoms with Crippen LogP contribution < -0.4 is 5.73 Å². The smallest absolute Gasteiger partial charge is 0.323 e. The van der Waals surface area contributed by atoms with Crippen molar-refractivity contribution in [2.75, 3.05) is 13.1 Å². The lowest BCUT2D eigenvalue weighted by atomic mass is 10.4. The van der Waals surface area contributed by atoms with E-state index < -0.39 is 18.5 Å². The fourth-order valence-corrected chi connectivity index (χ4v) is 0.658. The van der Waals surface area contributed by atoms with Crippen LogP contribution in [0.15, 0.2) is 0 Å². The van der Waals surface area contributed by atoms with Gasteiger partial charge in [-0.2, -0.15) is 0 Å². The molecule has 0 aliphatic rings. The highest BCUT2D eigenvalue weighted by atomic mass is 16.4. The zero-order valence-electron chi connectivity index (χ0n) is 6.70. The number of Topliss-reactive ketones (excluding diaryl/α,β-unsaturated/α-hetero) is 1. The number of nitrogens with one attached hydrogen (secondary N) is 1. The van der Waals surface area contributed by atoms with Crippen molar-refractivity contribution in [2.45, 2.75) is 6.92 Å². The monoisotopic (exact) mass is 173 g/mol. The Labute approximate surface area is 69.5 Å². The first-order valence-electron chi connectivity index (χ1n) is 3.23. The summed E-state index contributed by atoms with van der Waals surface area (Å²) in [4.78, 5) is 21.7. The zero-order valence-corrected chi connectivity index (χ0v) is 6.70. The number of ketones is 1. The Morgan fingerprint density at radius 1 is 1.50 bits per heavy atom. The summed E-state index contributed by atoms with van der Waals surface area (Å²) >= 11 is 0. The van der Waals surface area contributed by atoms with Crippen molar-refractivity contribution in [1.82, 2.24) is 4.90 Å². The molecule has 0 spiro atoms. The van der Waals surface area contributed by atoms with Crippen molar-refractivity contribution in [3.63, 3.8) is 0 Å². The predicted molar refractivity (Wildman–Crippen MR) is 41.8 cm³/mol. The predicted octanol–water partition coefficient (Wildman–Crippen LogP) is -1.14. The number of guanidine groups is 1. The van der Waals surface area contributed by atoms with E-state index in [1.54, 1.807) is 0 Å². The van der Waals surface area contributed by atoms with Crippen molar-refractivity contribution in [3.05, 3.63) is 0 Å². The van der Waals surface area contributed by atoms with Crippen molar-refractivity contribution < 1.29 is 14.7 Å². The Morgan fingerprint density at radius 2 is 2.00 bits per heavy atom. The van der Waals surface area contributed by atoms with Gasteiger partial charge in [0.1, 0.15) is 12.3 Å². The number of carbonyl (C=O) groups is 2. The van der Waals surface area contributed by atoms with Crippen LogP contribution in [-0.4, -0.2) is 40.8 Å². The Morgan fingerprint density at radius 3 is 2.25 bits per heavy atom. The quantitative estimate of drug-likeness (QED) is 0.367. The zero-order chi connectivity index (χ0) is 9.72. The van der Waals surface area contributed by atoms with Gasteiger partial charge in [0.05, 0.1) is 6.54 Å². The number of nitrogens with two attached hydrogens (primary N) is 1. The number of hydrogen-bond donors (Lipinski definition) is 3. The van der Waals surface area contributed by atoms with Crippen molar-refractivity contribution in [2.24, 2.45) is 5.73 Å². The van der Waals surface area contributed by atoms with E-state index in [2.05, 4.69) is 0 Å². The number of rotatable bonds is 4. The number of carboxylic acids is 1.